The predicted molar refractivity (Wildman–Crippen MR) is 114 cm³/mol. The summed E-state index contributed by atoms with van der Waals surface area (Å²) in [6.07, 6.45) is 1.74. The molecule has 0 spiro atoms. The van der Waals surface area contributed by atoms with Crippen LogP contribution in [0.25, 0.3) is 10.2 Å². The maximum absolute atomic E-state index is 11.5. The molecule has 3 aromatic rings. The summed E-state index contributed by atoms with van der Waals surface area (Å²) in [5.74, 6) is 0.991. The summed E-state index contributed by atoms with van der Waals surface area (Å²) in [7, 11) is 1.50. The van der Waals surface area contributed by atoms with E-state index in [0.29, 0.717) is 10.9 Å². The van der Waals surface area contributed by atoms with Crippen LogP contribution < -0.4 is 5.73 Å². The van der Waals surface area contributed by atoms with E-state index in [0.717, 1.165) is 38.6 Å². The summed E-state index contributed by atoms with van der Waals surface area (Å²) >= 11 is 3.29. The van der Waals surface area contributed by atoms with E-state index in [-0.39, 0.29) is 5.54 Å². The van der Waals surface area contributed by atoms with Crippen molar-refractivity contribution >= 4 is 44.2 Å². The molecule has 1 unspecified atom stereocenters. The fourth-order valence-electron chi connectivity index (χ4n) is 3.32. The lowest BCUT2D eigenvalue weighted by Crippen LogP contribution is -2.28. The van der Waals surface area contributed by atoms with Gasteiger partial charge in [-0.15, -0.1) is 11.3 Å². The molecule has 4 rings (SSSR count). The van der Waals surface area contributed by atoms with Crippen molar-refractivity contribution in [2.45, 2.75) is 25.3 Å². The number of benzene rings is 2. The van der Waals surface area contributed by atoms with E-state index >= 15 is 0 Å². The second-order valence-corrected chi connectivity index (χ2v) is 9.19. The Morgan fingerprint density at radius 2 is 2.11 bits per heavy atom. The SMILES string of the molecule is C[N+](=O)c1ccc2sc(Cc3cccc(C4(C)CCSC(N)=N4)c3)nc2c1. The van der Waals surface area contributed by atoms with Gasteiger partial charge in [-0.2, -0.15) is 0 Å². The monoisotopic (exact) mass is 397 g/mol. The van der Waals surface area contributed by atoms with E-state index in [1.165, 1.54) is 18.2 Å². The molecule has 2 aromatic carbocycles. The highest BCUT2D eigenvalue weighted by Crippen LogP contribution is 2.35. The number of thiazole rings is 1. The number of nitrogens with zero attached hydrogens (tertiary/aromatic N) is 3. The molecule has 138 valence electrons. The van der Waals surface area contributed by atoms with Gasteiger partial charge in [0.15, 0.2) is 12.2 Å². The average Bonchev–Trinajstić information content (AvgIpc) is 3.03. The minimum Gasteiger partial charge on any atom is -0.379 e. The number of thioether (sulfide) groups is 1. The molecule has 1 aliphatic heterocycles. The second-order valence-electron chi connectivity index (χ2n) is 6.96. The zero-order chi connectivity index (χ0) is 19.0. The molecule has 0 amide bonds. The van der Waals surface area contributed by atoms with Crippen molar-refractivity contribution < 1.29 is 4.76 Å². The zero-order valence-electron chi connectivity index (χ0n) is 15.3. The minimum atomic E-state index is -0.257. The highest BCUT2D eigenvalue weighted by molar-refractivity contribution is 8.13. The average molecular weight is 398 g/mol. The molecule has 0 aliphatic carbocycles. The maximum atomic E-state index is 11.5. The van der Waals surface area contributed by atoms with Crippen molar-refractivity contribution in [2.24, 2.45) is 10.7 Å². The standard InChI is InChI=1S/C20H21N4OS2/c1-20(8-9-26-19(21)23-20)14-5-3-4-13(10-14)11-18-22-16-12-15(24(2)25)6-7-17(16)27-18/h3-7,10,12H,8-9,11H2,1-2H3,(H2,21,23)/q+1. The first-order valence-corrected chi connectivity index (χ1v) is 10.6. The molecule has 2 heterocycles. The number of nitrogens with two attached hydrogens (primary N) is 1. The Hall–Kier alpha value is -2.25. The zero-order valence-corrected chi connectivity index (χ0v) is 16.9. The van der Waals surface area contributed by atoms with Gasteiger partial charge in [-0.05, 0) is 30.5 Å². The van der Waals surface area contributed by atoms with Crippen LogP contribution in [0.15, 0.2) is 47.5 Å². The van der Waals surface area contributed by atoms with Crippen molar-refractivity contribution in [3.05, 3.63) is 63.5 Å². The number of aromatic nitrogens is 1. The van der Waals surface area contributed by atoms with Gasteiger partial charge in [0.25, 0.3) is 5.69 Å². The molecule has 2 N–H and O–H groups in total. The van der Waals surface area contributed by atoms with E-state index in [1.54, 1.807) is 23.1 Å². The third kappa shape index (κ3) is 3.75. The summed E-state index contributed by atoms with van der Waals surface area (Å²) in [6, 6.07) is 14.2. The summed E-state index contributed by atoms with van der Waals surface area (Å²) in [5.41, 5.74) is 9.61. The van der Waals surface area contributed by atoms with Crippen molar-refractivity contribution in [3.8, 4) is 0 Å². The topological polar surface area (TPSA) is 71.3 Å². The third-order valence-electron chi connectivity index (χ3n) is 4.88. The quantitative estimate of drug-likeness (QED) is 0.654. The number of hydrogen-bond donors (Lipinski definition) is 1. The van der Waals surface area contributed by atoms with Gasteiger partial charge >= 0.3 is 0 Å². The van der Waals surface area contributed by atoms with Gasteiger partial charge in [0, 0.05) is 34.0 Å². The first-order valence-electron chi connectivity index (χ1n) is 8.81. The van der Waals surface area contributed by atoms with Crippen molar-refractivity contribution in [2.75, 3.05) is 12.8 Å². The fourth-order valence-corrected chi connectivity index (χ4v) is 5.28. The van der Waals surface area contributed by atoms with Crippen LogP contribution in [0.3, 0.4) is 0 Å². The van der Waals surface area contributed by atoms with Crippen LogP contribution in [0, 0.1) is 4.91 Å². The first-order chi connectivity index (χ1) is 12.9. The second kappa shape index (κ2) is 7.05. The molecule has 1 aromatic heterocycles. The Kier molecular flexibility index (Phi) is 4.74. The van der Waals surface area contributed by atoms with Crippen LogP contribution in [0.4, 0.5) is 5.69 Å². The lowest BCUT2D eigenvalue weighted by Gasteiger charge is -2.30. The predicted octanol–water partition coefficient (Wildman–Crippen LogP) is 4.59. The molecule has 1 atom stereocenters. The summed E-state index contributed by atoms with van der Waals surface area (Å²) < 4.78 is 1.96. The molecule has 1 aliphatic rings. The maximum Gasteiger partial charge on any atom is 0.257 e. The smallest absolute Gasteiger partial charge is 0.257 e. The van der Waals surface area contributed by atoms with E-state index in [9.17, 15) is 4.91 Å². The fraction of sp³-hybridized carbons (Fsp3) is 0.300. The number of hydrogen-bond acceptors (Lipinski definition) is 6. The minimum absolute atomic E-state index is 0.257. The lowest BCUT2D eigenvalue weighted by atomic mass is 9.88. The summed E-state index contributed by atoms with van der Waals surface area (Å²) in [5, 5.41) is 1.71. The Balaban J connectivity index is 1.63. The number of nitroso groups, excluding NO2 is 1. The number of fused-ring (bicyclic) bond motifs is 1. The van der Waals surface area contributed by atoms with Crippen molar-refractivity contribution in [3.63, 3.8) is 0 Å². The van der Waals surface area contributed by atoms with Gasteiger partial charge in [-0.25, -0.2) is 4.98 Å². The van der Waals surface area contributed by atoms with Crippen LogP contribution in [-0.2, 0) is 12.0 Å². The number of rotatable bonds is 4. The molecule has 27 heavy (non-hydrogen) atoms. The first kappa shape index (κ1) is 18.1. The Morgan fingerprint density at radius 1 is 1.26 bits per heavy atom. The van der Waals surface area contributed by atoms with Gasteiger partial charge in [-0.3, -0.25) is 4.99 Å². The van der Waals surface area contributed by atoms with Gasteiger partial charge in [0.05, 0.1) is 20.8 Å². The molecular weight excluding hydrogens is 376 g/mol. The van der Waals surface area contributed by atoms with Gasteiger partial charge in [0.1, 0.15) is 0 Å². The van der Waals surface area contributed by atoms with E-state index in [1.807, 2.05) is 18.2 Å². The van der Waals surface area contributed by atoms with Crippen molar-refractivity contribution in [1.29, 1.82) is 0 Å². The third-order valence-corrected chi connectivity index (χ3v) is 6.71. The lowest BCUT2D eigenvalue weighted by molar-refractivity contribution is -0.428. The molecule has 7 heteroatoms. The van der Waals surface area contributed by atoms with Gasteiger partial charge < -0.3 is 5.73 Å². The Morgan fingerprint density at radius 3 is 2.89 bits per heavy atom. The molecule has 0 fully saturated rings. The van der Waals surface area contributed by atoms with Crippen LogP contribution in [-0.4, -0.2) is 27.7 Å². The van der Waals surface area contributed by atoms with Crippen LogP contribution in [0.5, 0.6) is 0 Å². The number of aliphatic imine (C=N–C) groups is 1. The summed E-state index contributed by atoms with van der Waals surface area (Å²) in [4.78, 5) is 20.9. The molecule has 0 radical (unpaired) electrons. The van der Waals surface area contributed by atoms with Crippen molar-refractivity contribution in [1.82, 2.24) is 4.98 Å². The molecule has 0 saturated heterocycles. The highest BCUT2D eigenvalue weighted by atomic mass is 32.2. The van der Waals surface area contributed by atoms with Gasteiger partial charge in [-0.1, -0.05) is 36.0 Å². The molecule has 5 nitrogen and oxygen atoms in total. The van der Waals surface area contributed by atoms with E-state index < -0.39 is 0 Å². The molecule has 0 bridgehead atoms. The Labute approximate surface area is 166 Å². The summed E-state index contributed by atoms with van der Waals surface area (Å²) in [6.45, 7) is 2.15. The molecule has 0 saturated carbocycles. The van der Waals surface area contributed by atoms with Gasteiger partial charge in [0.2, 0.25) is 0 Å². The van der Waals surface area contributed by atoms with Crippen LogP contribution in [0.1, 0.15) is 29.5 Å². The van der Waals surface area contributed by atoms with E-state index in [2.05, 4.69) is 31.2 Å². The Bertz CT molecular complexity index is 1060. The van der Waals surface area contributed by atoms with Crippen LogP contribution >= 0.6 is 23.1 Å². The number of amidine groups is 1. The highest BCUT2D eigenvalue weighted by Gasteiger charge is 2.29. The molecular formula is C20H21N4OS2+. The van der Waals surface area contributed by atoms with E-state index in [4.69, 9.17) is 15.7 Å². The normalized spacial score (nSPS) is 19.9. The van der Waals surface area contributed by atoms with Crippen LogP contribution in [0.2, 0.25) is 0 Å². The largest absolute Gasteiger partial charge is 0.379 e.